The molecule has 148 valence electrons. The number of amides is 1. The molecule has 1 atom stereocenters. The molecule has 1 aliphatic rings. The van der Waals surface area contributed by atoms with Gasteiger partial charge in [0.1, 0.15) is 18.1 Å². The lowest BCUT2D eigenvalue weighted by Gasteiger charge is -2.29. The van der Waals surface area contributed by atoms with Crippen LogP contribution in [0.5, 0.6) is 5.75 Å². The fraction of sp³-hybridized carbons (Fsp3) is 0.150. The van der Waals surface area contributed by atoms with Crippen molar-refractivity contribution in [3.05, 3.63) is 75.1 Å². The van der Waals surface area contributed by atoms with E-state index in [0.717, 1.165) is 10.0 Å². The van der Waals surface area contributed by atoms with E-state index < -0.39 is 6.04 Å². The van der Waals surface area contributed by atoms with Crippen LogP contribution in [0.3, 0.4) is 0 Å². The minimum Gasteiger partial charge on any atom is -0.496 e. The standard InChI is InChI=1S/C20H17BrClN5O2/c1-11-17(19(28)26-14-6-4-13(22)5-7-14)18(27-20(25-11)23-10-24-27)12-3-8-16(29-2)15(21)9-12/h3-10,18H,1-2H3,(H,26,28)(H,23,24,25)/t18-/m1/s1. The molecule has 29 heavy (non-hydrogen) atoms. The minimum absolute atomic E-state index is 0.240. The number of allylic oxidation sites excluding steroid dienone is 1. The second-order valence-corrected chi connectivity index (χ2v) is 7.74. The van der Waals surface area contributed by atoms with E-state index in [-0.39, 0.29) is 5.91 Å². The van der Waals surface area contributed by atoms with E-state index in [1.807, 2.05) is 25.1 Å². The molecule has 0 bridgehead atoms. The molecule has 3 aromatic rings. The Labute approximate surface area is 180 Å². The topological polar surface area (TPSA) is 81.1 Å². The SMILES string of the molecule is COc1ccc([C@@H]2C(C(=O)Nc3ccc(Cl)cc3)=C(C)Nc3ncnn32)cc1Br. The number of hydrogen-bond acceptors (Lipinski definition) is 5. The number of carbonyl (C=O) groups excluding carboxylic acids is 1. The van der Waals surface area contributed by atoms with Gasteiger partial charge in [-0.25, -0.2) is 4.68 Å². The highest BCUT2D eigenvalue weighted by atomic mass is 79.9. The first kappa shape index (κ1) is 19.5. The number of benzene rings is 2. The van der Waals surface area contributed by atoms with Crippen molar-refractivity contribution in [3.8, 4) is 5.75 Å². The van der Waals surface area contributed by atoms with Crippen LogP contribution in [0.2, 0.25) is 5.02 Å². The van der Waals surface area contributed by atoms with Gasteiger partial charge in [0.15, 0.2) is 0 Å². The summed E-state index contributed by atoms with van der Waals surface area (Å²) in [5, 5.41) is 11.0. The largest absolute Gasteiger partial charge is 0.496 e. The van der Waals surface area contributed by atoms with Gasteiger partial charge in [0.2, 0.25) is 5.95 Å². The van der Waals surface area contributed by atoms with Gasteiger partial charge in [-0.05, 0) is 64.8 Å². The Morgan fingerprint density at radius 1 is 1.28 bits per heavy atom. The first-order chi connectivity index (χ1) is 14.0. The second kappa shape index (κ2) is 7.88. The third-order valence-corrected chi connectivity index (χ3v) is 5.50. The molecule has 9 heteroatoms. The van der Waals surface area contributed by atoms with Gasteiger partial charge >= 0.3 is 0 Å². The van der Waals surface area contributed by atoms with Crippen LogP contribution in [0.25, 0.3) is 0 Å². The second-order valence-electron chi connectivity index (χ2n) is 6.45. The molecular formula is C20H17BrClN5O2. The molecule has 0 fully saturated rings. The van der Waals surface area contributed by atoms with Crippen LogP contribution in [0.4, 0.5) is 11.6 Å². The summed E-state index contributed by atoms with van der Waals surface area (Å²) in [6.45, 7) is 1.85. The van der Waals surface area contributed by atoms with Crippen LogP contribution >= 0.6 is 27.5 Å². The molecule has 0 spiro atoms. The fourth-order valence-electron chi connectivity index (χ4n) is 3.28. The lowest BCUT2D eigenvalue weighted by molar-refractivity contribution is -0.113. The van der Waals surface area contributed by atoms with Crippen molar-refractivity contribution in [2.24, 2.45) is 0 Å². The summed E-state index contributed by atoms with van der Waals surface area (Å²) in [4.78, 5) is 17.5. The molecule has 2 heterocycles. The maximum Gasteiger partial charge on any atom is 0.255 e. The van der Waals surface area contributed by atoms with Crippen LogP contribution < -0.4 is 15.4 Å². The number of halogens is 2. The number of ether oxygens (including phenoxy) is 1. The smallest absolute Gasteiger partial charge is 0.255 e. The van der Waals surface area contributed by atoms with Gasteiger partial charge in [0, 0.05) is 16.4 Å². The molecule has 2 N–H and O–H groups in total. The van der Waals surface area contributed by atoms with Crippen molar-refractivity contribution in [2.75, 3.05) is 17.7 Å². The Kier molecular flexibility index (Phi) is 5.29. The Hall–Kier alpha value is -2.84. The third-order valence-electron chi connectivity index (χ3n) is 4.63. The van der Waals surface area contributed by atoms with Gasteiger partial charge < -0.3 is 15.4 Å². The predicted octanol–water partition coefficient (Wildman–Crippen LogP) is 4.63. The molecule has 0 saturated carbocycles. The van der Waals surface area contributed by atoms with Crippen LogP contribution in [-0.4, -0.2) is 27.8 Å². The molecule has 1 aliphatic heterocycles. The van der Waals surface area contributed by atoms with Crippen molar-refractivity contribution in [1.29, 1.82) is 0 Å². The summed E-state index contributed by atoms with van der Waals surface area (Å²) < 4.78 is 7.81. The number of nitrogens with one attached hydrogen (secondary N) is 2. The number of rotatable bonds is 4. The molecule has 0 unspecified atom stereocenters. The van der Waals surface area contributed by atoms with E-state index in [2.05, 4.69) is 36.6 Å². The molecule has 4 rings (SSSR count). The summed E-state index contributed by atoms with van der Waals surface area (Å²) in [6, 6.07) is 12.2. The zero-order valence-corrected chi connectivity index (χ0v) is 18.0. The molecule has 1 amide bonds. The molecular weight excluding hydrogens is 458 g/mol. The average molecular weight is 475 g/mol. The number of hydrogen-bond donors (Lipinski definition) is 2. The van der Waals surface area contributed by atoms with Crippen molar-refractivity contribution in [3.63, 3.8) is 0 Å². The van der Waals surface area contributed by atoms with Crippen LogP contribution in [-0.2, 0) is 4.79 Å². The van der Waals surface area contributed by atoms with E-state index in [1.165, 1.54) is 6.33 Å². The van der Waals surface area contributed by atoms with Gasteiger partial charge in [-0.1, -0.05) is 17.7 Å². The number of aromatic nitrogens is 3. The normalized spacial score (nSPS) is 15.5. The lowest BCUT2D eigenvalue weighted by Crippen LogP contribution is -2.31. The lowest BCUT2D eigenvalue weighted by atomic mass is 9.95. The van der Waals surface area contributed by atoms with Crippen LogP contribution in [0.1, 0.15) is 18.5 Å². The number of fused-ring (bicyclic) bond motifs is 1. The van der Waals surface area contributed by atoms with E-state index >= 15 is 0 Å². The average Bonchev–Trinajstić information content (AvgIpc) is 3.16. The molecule has 0 aliphatic carbocycles. The molecule has 0 saturated heterocycles. The first-order valence-electron chi connectivity index (χ1n) is 8.75. The molecule has 1 aromatic heterocycles. The van der Waals surface area contributed by atoms with Crippen molar-refractivity contribution in [1.82, 2.24) is 14.8 Å². The zero-order chi connectivity index (χ0) is 20.5. The van der Waals surface area contributed by atoms with Gasteiger partial charge in [-0.15, -0.1) is 0 Å². The van der Waals surface area contributed by atoms with Crippen LogP contribution in [0.15, 0.2) is 64.5 Å². The Morgan fingerprint density at radius 2 is 2.03 bits per heavy atom. The highest BCUT2D eigenvalue weighted by Gasteiger charge is 2.33. The van der Waals surface area contributed by atoms with Gasteiger partial charge in [-0.2, -0.15) is 10.1 Å². The monoisotopic (exact) mass is 473 g/mol. The fourth-order valence-corrected chi connectivity index (χ4v) is 3.96. The number of nitrogens with zero attached hydrogens (tertiary/aromatic N) is 3. The quantitative estimate of drug-likeness (QED) is 0.576. The van der Waals surface area contributed by atoms with Gasteiger partial charge in [0.25, 0.3) is 5.91 Å². The number of methoxy groups -OCH3 is 1. The van der Waals surface area contributed by atoms with E-state index in [0.29, 0.717) is 33.7 Å². The van der Waals surface area contributed by atoms with Crippen molar-refractivity contribution < 1.29 is 9.53 Å². The Morgan fingerprint density at radius 3 is 2.72 bits per heavy atom. The van der Waals surface area contributed by atoms with E-state index in [9.17, 15) is 4.79 Å². The number of anilines is 2. The predicted molar refractivity (Wildman–Crippen MR) is 115 cm³/mol. The molecule has 7 nitrogen and oxygen atoms in total. The summed E-state index contributed by atoms with van der Waals surface area (Å²) in [6.07, 6.45) is 1.46. The molecule has 2 aromatic carbocycles. The zero-order valence-electron chi connectivity index (χ0n) is 15.6. The summed E-state index contributed by atoms with van der Waals surface area (Å²) >= 11 is 9.46. The summed E-state index contributed by atoms with van der Waals surface area (Å²) in [5.74, 6) is 1.03. The summed E-state index contributed by atoms with van der Waals surface area (Å²) in [7, 11) is 1.61. The van der Waals surface area contributed by atoms with Crippen LogP contribution in [0, 0.1) is 0 Å². The maximum atomic E-state index is 13.2. The highest BCUT2D eigenvalue weighted by Crippen LogP contribution is 2.38. The number of carbonyl (C=O) groups is 1. The molecule has 0 radical (unpaired) electrons. The van der Waals surface area contributed by atoms with E-state index in [1.54, 1.807) is 36.1 Å². The Balaban J connectivity index is 1.76. The van der Waals surface area contributed by atoms with Gasteiger partial charge in [0.05, 0.1) is 17.2 Å². The Bertz CT molecular complexity index is 1110. The van der Waals surface area contributed by atoms with Crippen molar-refractivity contribution >= 4 is 45.1 Å². The van der Waals surface area contributed by atoms with Gasteiger partial charge in [-0.3, -0.25) is 4.79 Å². The highest BCUT2D eigenvalue weighted by molar-refractivity contribution is 9.10. The summed E-state index contributed by atoms with van der Waals surface area (Å²) in [5.41, 5.74) is 2.76. The first-order valence-corrected chi connectivity index (χ1v) is 9.92. The third kappa shape index (κ3) is 3.73. The minimum atomic E-state index is -0.455. The van der Waals surface area contributed by atoms with E-state index in [4.69, 9.17) is 16.3 Å². The maximum absolute atomic E-state index is 13.2. The van der Waals surface area contributed by atoms with Crippen molar-refractivity contribution in [2.45, 2.75) is 13.0 Å².